The SMILES string of the molecule is CC.CCc1cc(N2CCN(C)CC2)nc(SC)n1. The number of nitrogens with zero attached hydrogens (tertiary/aromatic N) is 4. The van der Waals surface area contributed by atoms with E-state index in [0.29, 0.717) is 0 Å². The second-order valence-corrected chi connectivity index (χ2v) is 5.12. The van der Waals surface area contributed by atoms with Crippen LogP contribution in [0.5, 0.6) is 0 Å². The first-order chi connectivity index (χ1) is 9.22. The first kappa shape index (κ1) is 16.2. The van der Waals surface area contributed by atoms with Crippen LogP contribution in [0.4, 0.5) is 5.82 Å². The van der Waals surface area contributed by atoms with Crippen molar-refractivity contribution in [1.29, 1.82) is 0 Å². The number of aryl methyl sites for hydroxylation is 1. The number of hydrogen-bond acceptors (Lipinski definition) is 5. The molecular weight excluding hydrogens is 256 g/mol. The number of rotatable bonds is 3. The molecule has 1 saturated heterocycles. The van der Waals surface area contributed by atoms with Crippen molar-refractivity contribution in [2.24, 2.45) is 0 Å². The molecule has 0 saturated carbocycles. The summed E-state index contributed by atoms with van der Waals surface area (Å²) in [5.74, 6) is 1.09. The summed E-state index contributed by atoms with van der Waals surface area (Å²) in [7, 11) is 2.17. The molecule has 0 amide bonds. The highest BCUT2D eigenvalue weighted by atomic mass is 32.2. The lowest BCUT2D eigenvalue weighted by molar-refractivity contribution is 0.311. The van der Waals surface area contributed by atoms with Crippen molar-refractivity contribution in [2.75, 3.05) is 44.4 Å². The van der Waals surface area contributed by atoms with Crippen molar-refractivity contribution in [2.45, 2.75) is 32.3 Å². The number of piperazine rings is 1. The Bertz CT molecular complexity index is 353. The largest absolute Gasteiger partial charge is 0.354 e. The quantitative estimate of drug-likeness (QED) is 0.628. The topological polar surface area (TPSA) is 32.3 Å². The minimum Gasteiger partial charge on any atom is -0.354 e. The fourth-order valence-corrected chi connectivity index (χ4v) is 2.32. The van der Waals surface area contributed by atoms with Gasteiger partial charge in [-0.2, -0.15) is 0 Å². The van der Waals surface area contributed by atoms with Crippen LogP contribution in [0, 0.1) is 0 Å². The highest BCUT2D eigenvalue weighted by Crippen LogP contribution is 2.19. The van der Waals surface area contributed by atoms with E-state index in [4.69, 9.17) is 0 Å². The zero-order valence-electron chi connectivity index (χ0n) is 12.8. The molecule has 0 aromatic carbocycles. The van der Waals surface area contributed by atoms with Gasteiger partial charge in [-0.25, -0.2) is 9.97 Å². The average Bonchev–Trinajstić information content (AvgIpc) is 2.49. The van der Waals surface area contributed by atoms with E-state index >= 15 is 0 Å². The van der Waals surface area contributed by atoms with Gasteiger partial charge in [-0.05, 0) is 19.7 Å². The van der Waals surface area contributed by atoms with E-state index in [1.165, 1.54) is 0 Å². The molecular formula is C14H26N4S. The predicted octanol–water partition coefficient (Wildman–Crippen LogP) is 2.54. The van der Waals surface area contributed by atoms with E-state index in [1.54, 1.807) is 11.8 Å². The van der Waals surface area contributed by atoms with Crippen LogP contribution in [0.1, 0.15) is 26.5 Å². The van der Waals surface area contributed by atoms with Crippen molar-refractivity contribution in [3.8, 4) is 0 Å². The van der Waals surface area contributed by atoms with Crippen LogP contribution < -0.4 is 4.90 Å². The molecule has 0 N–H and O–H groups in total. The second kappa shape index (κ2) is 8.38. The summed E-state index contributed by atoms with van der Waals surface area (Å²) in [6, 6.07) is 2.13. The molecule has 1 aliphatic rings. The maximum atomic E-state index is 4.61. The van der Waals surface area contributed by atoms with Crippen molar-refractivity contribution < 1.29 is 0 Å². The van der Waals surface area contributed by atoms with Gasteiger partial charge in [-0.15, -0.1) is 0 Å². The Morgan fingerprint density at radius 3 is 2.32 bits per heavy atom. The zero-order chi connectivity index (χ0) is 14.3. The summed E-state index contributed by atoms with van der Waals surface area (Å²) in [6.45, 7) is 10.5. The average molecular weight is 282 g/mol. The van der Waals surface area contributed by atoms with E-state index in [9.17, 15) is 0 Å². The van der Waals surface area contributed by atoms with Crippen molar-refractivity contribution in [1.82, 2.24) is 14.9 Å². The predicted molar refractivity (Wildman–Crippen MR) is 84.2 cm³/mol. The van der Waals surface area contributed by atoms with Gasteiger partial charge < -0.3 is 9.80 Å². The van der Waals surface area contributed by atoms with E-state index < -0.39 is 0 Å². The van der Waals surface area contributed by atoms with Gasteiger partial charge in [0.2, 0.25) is 0 Å². The Hall–Kier alpha value is -0.810. The number of aromatic nitrogens is 2. The molecule has 5 heteroatoms. The number of hydrogen-bond donors (Lipinski definition) is 0. The molecule has 1 aromatic heterocycles. The standard InChI is InChI=1S/C12H20N4S.C2H6/c1-4-10-9-11(14-12(13-10)17-3)16-7-5-15(2)6-8-16;1-2/h9H,4-8H2,1-3H3;1-2H3. The molecule has 0 atom stereocenters. The van der Waals surface area contributed by atoms with Gasteiger partial charge in [0.1, 0.15) is 5.82 Å². The molecule has 0 aliphatic carbocycles. The van der Waals surface area contributed by atoms with Crippen LogP contribution in [0.2, 0.25) is 0 Å². The number of thioether (sulfide) groups is 1. The Balaban J connectivity index is 0.000000861. The summed E-state index contributed by atoms with van der Waals surface area (Å²) >= 11 is 1.62. The van der Waals surface area contributed by atoms with Gasteiger partial charge in [0.05, 0.1) is 0 Å². The lowest BCUT2D eigenvalue weighted by Crippen LogP contribution is -2.44. The fourth-order valence-electron chi connectivity index (χ4n) is 1.93. The summed E-state index contributed by atoms with van der Waals surface area (Å²) in [4.78, 5) is 13.8. The zero-order valence-corrected chi connectivity index (χ0v) is 13.6. The molecule has 4 nitrogen and oxygen atoms in total. The number of likely N-dealkylation sites (N-methyl/N-ethyl adjacent to an activating group) is 1. The molecule has 108 valence electrons. The highest BCUT2D eigenvalue weighted by Gasteiger charge is 2.16. The smallest absolute Gasteiger partial charge is 0.189 e. The van der Waals surface area contributed by atoms with Crippen LogP contribution >= 0.6 is 11.8 Å². The first-order valence-corrected chi connectivity index (χ1v) is 8.31. The number of anilines is 1. The maximum absolute atomic E-state index is 4.61. The van der Waals surface area contributed by atoms with Crippen LogP contribution in [0.3, 0.4) is 0 Å². The van der Waals surface area contributed by atoms with Gasteiger partial charge in [0.15, 0.2) is 5.16 Å². The van der Waals surface area contributed by atoms with Gasteiger partial charge in [-0.3, -0.25) is 0 Å². The first-order valence-electron chi connectivity index (χ1n) is 7.08. The van der Waals surface area contributed by atoms with E-state index in [1.807, 2.05) is 20.1 Å². The Labute approximate surface area is 121 Å². The molecule has 0 spiro atoms. The normalized spacial score (nSPS) is 15.9. The minimum absolute atomic E-state index is 0.887. The van der Waals surface area contributed by atoms with Gasteiger partial charge in [0, 0.05) is 37.9 Å². The molecule has 2 heterocycles. The Morgan fingerprint density at radius 2 is 1.79 bits per heavy atom. The van der Waals surface area contributed by atoms with Crippen molar-refractivity contribution in [3.05, 3.63) is 11.8 Å². The van der Waals surface area contributed by atoms with Crippen LogP contribution in [-0.2, 0) is 6.42 Å². The lowest BCUT2D eigenvalue weighted by Gasteiger charge is -2.33. The van der Waals surface area contributed by atoms with Gasteiger partial charge in [-0.1, -0.05) is 32.5 Å². The molecule has 0 radical (unpaired) electrons. The summed E-state index contributed by atoms with van der Waals surface area (Å²) < 4.78 is 0. The fraction of sp³-hybridized carbons (Fsp3) is 0.714. The van der Waals surface area contributed by atoms with Crippen molar-refractivity contribution >= 4 is 17.6 Å². The molecule has 1 aromatic rings. The lowest BCUT2D eigenvalue weighted by atomic mass is 10.3. The summed E-state index contributed by atoms with van der Waals surface area (Å²) in [5, 5.41) is 0.887. The van der Waals surface area contributed by atoms with Crippen molar-refractivity contribution in [3.63, 3.8) is 0 Å². The third-order valence-electron chi connectivity index (χ3n) is 3.12. The molecule has 1 aliphatic heterocycles. The summed E-state index contributed by atoms with van der Waals surface area (Å²) in [6.07, 6.45) is 3.00. The maximum Gasteiger partial charge on any atom is 0.189 e. The van der Waals surface area contributed by atoms with Gasteiger partial charge >= 0.3 is 0 Å². The van der Waals surface area contributed by atoms with Crippen LogP contribution in [-0.4, -0.2) is 54.4 Å². The Kier molecular flexibility index (Phi) is 7.16. The van der Waals surface area contributed by atoms with Gasteiger partial charge in [0.25, 0.3) is 0 Å². The molecule has 19 heavy (non-hydrogen) atoms. The molecule has 0 bridgehead atoms. The third-order valence-corrected chi connectivity index (χ3v) is 3.66. The molecule has 0 unspecified atom stereocenters. The van der Waals surface area contributed by atoms with Crippen LogP contribution in [0.25, 0.3) is 0 Å². The van der Waals surface area contributed by atoms with E-state index in [0.717, 1.165) is 49.3 Å². The Morgan fingerprint density at radius 1 is 1.16 bits per heavy atom. The molecule has 1 fully saturated rings. The molecule has 2 rings (SSSR count). The highest BCUT2D eigenvalue weighted by molar-refractivity contribution is 7.98. The third kappa shape index (κ3) is 4.66. The monoisotopic (exact) mass is 282 g/mol. The van der Waals surface area contributed by atoms with E-state index in [2.05, 4.69) is 39.8 Å². The van der Waals surface area contributed by atoms with Crippen LogP contribution in [0.15, 0.2) is 11.2 Å². The van der Waals surface area contributed by atoms with E-state index in [-0.39, 0.29) is 0 Å². The minimum atomic E-state index is 0.887. The summed E-state index contributed by atoms with van der Waals surface area (Å²) in [5.41, 5.74) is 1.14. The second-order valence-electron chi connectivity index (χ2n) is 4.35.